The molecule has 0 aliphatic rings. The highest BCUT2D eigenvalue weighted by molar-refractivity contribution is 5.94. The van der Waals surface area contributed by atoms with Gasteiger partial charge in [-0.15, -0.1) is 0 Å². The minimum Gasteiger partial charge on any atom is -0.497 e. The molecule has 2 rings (SSSR count). The quantitative estimate of drug-likeness (QED) is 0.798. The first-order chi connectivity index (χ1) is 11.8. The van der Waals surface area contributed by atoms with Crippen molar-refractivity contribution in [2.24, 2.45) is 0 Å². The van der Waals surface area contributed by atoms with Gasteiger partial charge in [0.2, 0.25) is 0 Å². The monoisotopic (exact) mass is 350 g/mol. The fraction of sp³-hybridized carbons (Fsp3) is 0.211. The molecule has 1 atom stereocenters. The largest absolute Gasteiger partial charge is 0.497 e. The van der Waals surface area contributed by atoms with Gasteiger partial charge in [0.1, 0.15) is 5.75 Å². The minimum atomic E-state index is -4.97. The van der Waals surface area contributed by atoms with Crippen LogP contribution in [0.25, 0.3) is 6.08 Å². The maximum atomic E-state index is 13.4. The first kappa shape index (κ1) is 18.7. The van der Waals surface area contributed by atoms with Gasteiger partial charge in [-0.2, -0.15) is 13.2 Å². The number of ketones is 1. The molecule has 0 saturated carbocycles. The van der Waals surface area contributed by atoms with Crippen LogP contribution in [0.2, 0.25) is 0 Å². The summed E-state index contributed by atoms with van der Waals surface area (Å²) < 4.78 is 45.1. The van der Waals surface area contributed by atoms with E-state index in [9.17, 15) is 23.1 Å². The van der Waals surface area contributed by atoms with Gasteiger partial charge >= 0.3 is 6.18 Å². The Morgan fingerprint density at radius 2 is 1.68 bits per heavy atom. The van der Waals surface area contributed by atoms with Gasteiger partial charge in [-0.1, -0.05) is 48.5 Å². The summed E-state index contributed by atoms with van der Waals surface area (Å²) in [6.07, 6.45) is -3.64. The summed E-state index contributed by atoms with van der Waals surface area (Å²) in [7, 11) is 1.51. The van der Waals surface area contributed by atoms with Crippen molar-refractivity contribution in [1.82, 2.24) is 0 Å². The number of hydrogen-bond acceptors (Lipinski definition) is 3. The summed E-state index contributed by atoms with van der Waals surface area (Å²) in [6, 6.07) is 13.2. The van der Waals surface area contributed by atoms with Gasteiger partial charge < -0.3 is 9.84 Å². The van der Waals surface area contributed by atoms with E-state index in [2.05, 4.69) is 0 Å². The Balaban J connectivity index is 2.18. The summed E-state index contributed by atoms with van der Waals surface area (Å²) in [4.78, 5) is 12.0. The summed E-state index contributed by atoms with van der Waals surface area (Å²) in [6.45, 7) is 0. The summed E-state index contributed by atoms with van der Waals surface area (Å²) in [5.74, 6) is -0.210. The smallest absolute Gasteiger partial charge is 0.421 e. The Kier molecular flexibility index (Phi) is 5.64. The van der Waals surface area contributed by atoms with E-state index < -0.39 is 24.0 Å². The second-order valence-electron chi connectivity index (χ2n) is 5.47. The van der Waals surface area contributed by atoms with E-state index in [1.165, 1.54) is 31.4 Å². The van der Waals surface area contributed by atoms with Crippen molar-refractivity contribution in [3.8, 4) is 5.75 Å². The molecule has 2 aromatic rings. The third kappa shape index (κ3) is 4.48. The third-order valence-electron chi connectivity index (χ3n) is 3.73. The number of halogens is 3. The number of aliphatic hydroxyl groups is 1. The van der Waals surface area contributed by atoms with Crippen molar-refractivity contribution in [3.63, 3.8) is 0 Å². The summed E-state index contributed by atoms with van der Waals surface area (Å²) in [5, 5.41) is 10.2. The van der Waals surface area contributed by atoms with Crippen LogP contribution in [0.3, 0.4) is 0 Å². The predicted molar refractivity (Wildman–Crippen MR) is 88.0 cm³/mol. The molecule has 3 nitrogen and oxygen atoms in total. The topological polar surface area (TPSA) is 46.5 Å². The van der Waals surface area contributed by atoms with E-state index >= 15 is 0 Å². The molecule has 1 N–H and O–H groups in total. The molecule has 0 fully saturated rings. The van der Waals surface area contributed by atoms with Crippen molar-refractivity contribution < 1.29 is 27.8 Å². The maximum Gasteiger partial charge on any atom is 0.421 e. The number of hydrogen-bond donors (Lipinski definition) is 1. The van der Waals surface area contributed by atoms with Gasteiger partial charge in [0, 0.05) is 0 Å². The van der Waals surface area contributed by atoms with Crippen LogP contribution in [0, 0.1) is 0 Å². The van der Waals surface area contributed by atoms with E-state index in [4.69, 9.17) is 4.74 Å². The number of methoxy groups -OCH3 is 1. The molecule has 25 heavy (non-hydrogen) atoms. The van der Waals surface area contributed by atoms with E-state index in [0.29, 0.717) is 11.3 Å². The third-order valence-corrected chi connectivity index (χ3v) is 3.73. The number of alkyl halides is 3. The first-order valence-corrected chi connectivity index (χ1v) is 7.46. The molecule has 0 heterocycles. The van der Waals surface area contributed by atoms with E-state index in [-0.39, 0.29) is 5.56 Å². The van der Waals surface area contributed by atoms with Gasteiger partial charge in [-0.3, -0.25) is 4.79 Å². The zero-order valence-corrected chi connectivity index (χ0v) is 13.5. The van der Waals surface area contributed by atoms with Crippen molar-refractivity contribution in [1.29, 1.82) is 0 Å². The lowest BCUT2D eigenvalue weighted by Gasteiger charge is -2.30. The molecular formula is C19H17F3O3. The molecule has 1 unspecified atom stereocenters. The van der Waals surface area contributed by atoms with Gasteiger partial charge in [0.05, 0.1) is 13.5 Å². The zero-order chi connectivity index (χ0) is 18.5. The van der Waals surface area contributed by atoms with E-state index in [1.807, 2.05) is 0 Å². The molecular weight excluding hydrogens is 333 g/mol. The highest BCUT2D eigenvalue weighted by Crippen LogP contribution is 2.41. The SMILES string of the molecule is COc1ccc(/C=C/C(=O)CC(O)(c2ccccc2)C(F)(F)F)cc1. The fourth-order valence-corrected chi connectivity index (χ4v) is 2.30. The fourth-order valence-electron chi connectivity index (χ4n) is 2.30. The second kappa shape index (κ2) is 7.53. The molecule has 132 valence electrons. The highest BCUT2D eigenvalue weighted by atomic mass is 19.4. The molecule has 0 aromatic heterocycles. The number of allylic oxidation sites excluding steroid dienone is 1. The van der Waals surface area contributed by atoms with Crippen LogP contribution in [-0.4, -0.2) is 24.2 Å². The van der Waals surface area contributed by atoms with E-state index in [1.54, 1.807) is 24.3 Å². The highest BCUT2D eigenvalue weighted by Gasteiger charge is 2.55. The zero-order valence-electron chi connectivity index (χ0n) is 13.5. The summed E-state index contributed by atoms with van der Waals surface area (Å²) >= 11 is 0. The number of benzene rings is 2. The number of rotatable bonds is 6. The summed E-state index contributed by atoms with van der Waals surface area (Å²) in [5.41, 5.74) is -2.96. The second-order valence-corrected chi connectivity index (χ2v) is 5.47. The molecule has 0 amide bonds. The normalized spacial score (nSPS) is 14.3. The number of carbonyl (C=O) groups is 1. The average molecular weight is 350 g/mol. The molecule has 0 spiro atoms. The van der Waals surface area contributed by atoms with Gasteiger partial charge in [0.15, 0.2) is 11.4 Å². The Morgan fingerprint density at radius 1 is 1.08 bits per heavy atom. The van der Waals surface area contributed by atoms with Crippen LogP contribution < -0.4 is 4.74 Å². The molecule has 0 radical (unpaired) electrons. The molecule has 0 aliphatic heterocycles. The Hall–Kier alpha value is -2.60. The lowest BCUT2D eigenvalue weighted by Crippen LogP contribution is -2.43. The number of carbonyl (C=O) groups excluding carboxylic acids is 1. The van der Waals surface area contributed by atoms with Crippen LogP contribution in [0.15, 0.2) is 60.7 Å². The maximum absolute atomic E-state index is 13.4. The molecule has 2 aromatic carbocycles. The Labute approximate surface area is 143 Å². The lowest BCUT2D eigenvalue weighted by atomic mass is 9.87. The van der Waals surface area contributed by atoms with Gasteiger partial charge in [0.25, 0.3) is 0 Å². The van der Waals surface area contributed by atoms with Gasteiger partial charge in [-0.05, 0) is 29.3 Å². The average Bonchev–Trinajstić information content (AvgIpc) is 2.60. The molecule has 6 heteroatoms. The van der Waals surface area contributed by atoms with Gasteiger partial charge in [-0.25, -0.2) is 0 Å². The van der Waals surface area contributed by atoms with Crippen molar-refractivity contribution >= 4 is 11.9 Å². The van der Waals surface area contributed by atoms with Crippen LogP contribution >= 0.6 is 0 Å². The lowest BCUT2D eigenvalue weighted by molar-refractivity contribution is -0.266. The van der Waals surface area contributed by atoms with Crippen LogP contribution in [0.5, 0.6) is 5.75 Å². The van der Waals surface area contributed by atoms with E-state index in [0.717, 1.165) is 18.2 Å². The number of ether oxygens (including phenoxy) is 1. The standard InChI is InChI=1S/C19H17F3O3/c1-25-17-11-8-14(9-12-17)7-10-16(23)13-18(24,19(20,21)22)15-5-3-2-4-6-15/h2-12,24H,13H2,1H3/b10-7+. The molecule has 0 bridgehead atoms. The first-order valence-electron chi connectivity index (χ1n) is 7.46. The van der Waals surface area contributed by atoms with Crippen LogP contribution in [-0.2, 0) is 10.4 Å². The molecule has 0 aliphatic carbocycles. The van der Waals surface area contributed by atoms with Crippen molar-refractivity contribution in [3.05, 3.63) is 71.8 Å². The van der Waals surface area contributed by atoms with Crippen LogP contribution in [0.4, 0.5) is 13.2 Å². The molecule has 0 saturated heterocycles. The predicted octanol–water partition coefficient (Wildman–Crippen LogP) is 4.12. The van der Waals surface area contributed by atoms with Crippen molar-refractivity contribution in [2.75, 3.05) is 7.11 Å². The Bertz CT molecular complexity index is 737. The van der Waals surface area contributed by atoms with Crippen LogP contribution in [0.1, 0.15) is 17.5 Å². The Morgan fingerprint density at radius 3 is 2.20 bits per heavy atom. The van der Waals surface area contributed by atoms with Crippen molar-refractivity contribution in [2.45, 2.75) is 18.2 Å². The minimum absolute atomic E-state index is 0.367.